The molecule has 23 heavy (non-hydrogen) atoms. The number of nitrogens with one attached hydrogen (secondary N) is 1. The minimum absolute atomic E-state index is 0.245. The maximum atomic E-state index is 12.1. The second-order valence-corrected chi connectivity index (χ2v) is 7.04. The summed E-state index contributed by atoms with van der Waals surface area (Å²) in [4.78, 5) is 24.1. The zero-order valence-corrected chi connectivity index (χ0v) is 14.1. The number of rotatable bonds is 2. The lowest BCUT2D eigenvalue weighted by atomic mass is 9.88. The first-order valence-corrected chi connectivity index (χ1v) is 7.90. The highest BCUT2D eigenvalue weighted by Crippen LogP contribution is 2.28. The van der Waals surface area contributed by atoms with Crippen molar-refractivity contribution in [2.24, 2.45) is 0 Å². The molecule has 7 heteroatoms. The first-order chi connectivity index (χ1) is 10.7. The van der Waals surface area contributed by atoms with Crippen LogP contribution in [-0.4, -0.2) is 38.7 Å². The molecule has 0 aliphatic heterocycles. The molecule has 1 fully saturated rings. The molecule has 2 rings (SSSR count). The van der Waals surface area contributed by atoms with Crippen LogP contribution in [0.5, 0.6) is 0 Å². The summed E-state index contributed by atoms with van der Waals surface area (Å²) < 4.78 is 6.65. The van der Waals surface area contributed by atoms with Gasteiger partial charge in [-0.1, -0.05) is 0 Å². The van der Waals surface area contributed by atoms with Gasteiger partial charge in [-0.25, -0.2) is 9.48 Å². The first-order valence-electron chi connectivity index (χ1n) is 7.90. The average Bonchev–Trinajstić information content (AvgIpc) is 2.41. The summed E-state index contributed by atoms with van der Waals surface area (Å²) in [6.07, 6.45) is 0.470. The SMILES string of the molecule is Cc1ccc(=O)n(C2CC(O)CCC2NC(=O)OC(C)(C)C)n1. The Kier molecular flexibility index (Phi) is 5.09. The standard InChI is InChI=1S/C16H25N3O4/c1-10-5-8-14(21)19(18-10)13-9-11(20)6-7-12(13)17-15(22)23-16(2,3)4/h5,8,11-13,20H,6-7,9H2,1-4H3,(H,17,22). The fourth-order valence-corrected chi connectivity index (χ4v) is 2.78. The van der Waals surface area contributed by atoms with Crippen molar-refractivity contribution >= 4 is 6.09 Å². The molecule has 0 saturated heterocycles. The Hall–Kier alpha value is -1.89. The third-order valence-corrected chi connectivity index (χ3v) is 3.76. The van der Waals surface area contributed by atoms with E-state index in [4.69, 9.17) is 4.74 Å². The smallest absolute Gasteiger partial charge is 0.407 e. The lowest BCUT2D eigenvalue weighted by Gasteiger charge is -2.35. The lowest BCUT2D eigenvalue weighted by Crippen LogP contribution is -2.49. The molecule has 0 aromatic carbocycles. The van der Waals surface area contributed by atoms with E-state index < -0.39 is 23.8 Å². The number of aryl methyl sites for hydroxylation is 1. The van der Waals surface area contributed by atoms with Gasteiger partial charge in [-0.2, -0.15) is 5.10 Å². The van der Waals surface area contributed by atoms with Crippen molar-refractivity contribution in [3.8, 4) is 0 Å². The molecular formula is C16H25N3O4. The van der Waals surface area contributed by atoms with Gasteiger partial charge < -0.3 is 15.2 Å². The summed E-state index contributed by atoms with van der Waals surface area (Å²) in [7, 11) is 0. The van der Waals surface area contributed by atoms with Crippen molar-refractivity contribution in [1.29, 1.82) is 0 Å². The van der Waals surface area contributed by atoms with Crippen LogP contribution in [0.25, 0.3) is 0 Å². The molecule has 2 N–H and O–H groups in total. The quantitative estimate of drug-likeness (QED) is 0.861. The third-order valence-electron chi connectivity index (χ3n) is 3.76. The summed E-state index contributed by atoms with van der Waals surface area (Å²) >= 11 is 0. The Balaban J connectivity index is 2.21. The molecule has 3 atom stereocenters. The Morgan fingerprint density at radius 2 is 2.09 bits per heavy atom. The molecule has 1 heterocycles. The highest BCUT2D eigenvalue weighted by Gasteiger charge is 2.34. The van der Waals surface area contributed by atoms with E-state index in [0.29, 0.717) is 25.0 Å². The monoisotopic (exact) mass is 323 g/mol. The molecule has 1 aliphatic carbocycles. The number of hydrogen-bond donors (Lipinski definition) is 2. The molecule has 1 aromatic heterocycles. The summed E-state index contributed by atoms with van der Waals surface area (Å²) in [6.45, 7) is 7.18. The van der Waals surface area contributed by atoms with E-state index in [9.17, 15) is 14.7 Å². The van der Waals surface area contributed by atoms with Gasteiger partial charge in [0.05, 0.1) is 23.9 Å². The number of aliphatic hydroxyl groups excluding tert-OH is 1. The van der Waals surface area contributed by atoms with Crippen LogP contribution in [0.2, 0.25) is 0 Å². The summed E-state index contributed by atoms with van der Waals surface area (Å²) in [6, 6.07) is 2.40. The number of ether oxygens (including phenoxy) is 1. The van der Waals surface area contributed by atoms with Crippen LogP contribution in [0.3, 0.4) is 0 Å². The second-order valence-electron chi connectivity index (χ2n) is 7.04. The van der Waals surface area contributed by atoms with Crippen molar-refractivity contribution in [2.45, 2.75) is 70.7 Å². The largest absolute Gasteiger partial charge is 0.444 e. The van der Waals surface area contributed by atoms with Gasteiger partial charge in [0.1, 0.15) is 5.60 Å². The number of aliphatic hydroxyl groups is 1. The molecule has 0 radical (unpaired) electrons. The minimum atomic E-state index is -0.591. The van der Waals surface area contributed by atoms with E-state index in [-0.39, 0.29) is 11.6 Å². The van der Waals surface area contributed by atoms with Gasteiger partial charge in [0.2, 0.25) is 0 Å². The molecular weight excluding hydrogens is 298 g/mol. The number of hydrogen-bond acceptors (Lipinski definition) is 5. The van der Waals surface area contributed by atoms with Gasteiger partial charge in [-0.05, 0) is 53.0 Å². The van der Waals surface area contributed by atoms with E-state index in [1.54, 1.807) is 33.8 Å². The molecule has 0 bridgehead atoms. The predicted octanol–water partition coefficient (Wildman–Crippen LogP) is 1.53. The normalized spacial score (nSPS) is 25.0. The summed E-state index contributed by atoms with van der Waals surface area (Å²) in [5.74, 6) is 0. The van der Waals surface area contributed by atoms with E-state index in [0.717, 1.165) is 0 Å². The van der Waals surface area contributed by atoms with Gasteiger partial charge in [-0.15, -0.1) is 0 Å². The number of carbonyl (C=O) groups excluding carboxylic acids is 1. The number of carbonyl (C=O) groups is 1. The highest BCUT2D eigenvalue weighted by molar-refractivity contribution is 5.68. The van der Waals surface area contributed by atoms with Crippen LogP contribution in [0.15, 0.2) is 16.9 Å². The van der Waals surface area contributed by atoms with E-state index in [1.165, 1.54) is 10.7 Å². The van der Waals surface area contributed by atoms with Crippen LogP contribution < -0.4 is 10.9 Å². The summed E-state index contributed by atoms with van der Waals surface area (Å²) in [5, 5.41) is 17.0. The molecule has 3 unspecified atom stereocenters. The lowest BCUT2D eigenvalue weighted by molar-refractivity contribution is 0.0382. The number of aromatic nitrogens is 2. The second kappa shape index (κ2) is 6.70. The fourth-order valence-electron chi connectivity index (χ4n) is 2.78. The number of alkyl carbamates (subject to hydrolysis) is 1. The minimum Gasteiger partial charge on any atom is -0.444 e. The molecule has 1 amide bonds. The van der Waals surface area contributed by atoms with Crippen molar-refractivity contribution in [1.82, 2.24) is 15.1 Å². The van der Waals surface area contributed by atoms with Crippen LogP contribution in [0, 0.1) is 6.92 Å². The molecule has 128 valence electrons. The maximum absolute atomic E-state index is 12.1. The highest BCUT2D eigenvalue weighted by atomic mass is 16.6. The van der Waals surface area contributed by atoms with E-state index in [2.05, 4.69) is 10.4 Å². The maximum Gasteiger partial charge on any atom is 0.407 e. The summed E-state index contributed by atoms with van der Waals surface area (Å²) in [5.41, 5.74) is -0.127. The topological polar surface area (TPSA) is 93.5 Å². The fraction of sp³-hybridized carbons (Fsp3) is 0.688. The third kappa shape index (κ3) is 4.79. The van der Waals surface area contributed by atoms with E-state index in [1.807, 2.05) is 0 Å². The number of nitrogens with zero attached hydrogens (tertiary/aromatic N) is 2. The predicted molar refractivity (Wildman–Crippen MR) is 85.3 cm³/mol. The number of amides is 1. The molecule has 1 aromatic rings. The van der Waals surface area contributed by atoms with Crippen LogP contribution in [-0.2, 0) is 4.74 Å². The van der Waals surface area contributed by atoms with Gasteiger partial charge in [-0.3, -0.25) is 4.79 Å². The van der Waals surface area contributed by atoms with Gasteiger partial charge >= 0.3 is 6.09 Å². The first kappa shape index (κ1) is 17.5. The Morgan fingerprint density at radius 3 is 2.74 bits per heavy atom. The van der Waals surface area contributed by atoms with Gasteiger partial charge in [0, 0.05) is 6.07 Å². The van der Waals surface area contributed by atoms with Crippen molar-refractivity contribution in [2.75, 3.05) is 0 Å². The Labute approximate surface area is 135 Å². The molecule has 1 saturated carbocycles. The van der Waals surface area contributed by atoms with Crippen molar-refractivity contribution in [3.05, 3.63) is 28.2 Å². The van der Waals surface area contributed by atoms with E-state index >= 15 is 0 Å². The molecule has 1 aliphatic rings. The molecule has 7 nitrogen and oxygen atoms in total. The van der Waals surface area contributed by atoms with Crippen LogP contribution >= 0.6 is 0 Å². The molecule has 0 spiro atoms. The zero-order chi connectivity index (χ0) is 17.2. The Morgan fingerprint density at radius 1 is 1.39 bits per heavy atom. The van der Waals surface area contributed by atoms with Crippen LogP contribution in [0.1, 0.15) is 51.8 Å². The van der Waals surface area contributed by atoms with Gasteiger partial charge in [0.15, 0.2) is 0 Å². The zero-order valence-electron chi connectivity index (χ0n) is 14.1. The van der Waals surface area contributed by atoms with Crippen molar-refractivity contribution < 1.29 is 14.6 Å². The average molecular weight is 323 g/mol. The van der Waals surface area contributed by atoms with Crippen LogP contribution in [0.4, 0.5) is 4.79 Å². The van der Waals surface area contributed by atoms with Crippen molar-refractivity contribution in [3.63, 3.8) is 0 Å². The Bertz CT molecular complexity index is 620. The van der Waals surface area contributed by atoms with Gasteiger partial charge in [0.25, 0.3) is 5.56 Å².